The molecular formula is C9H8ClN3OS3. The van der Waals surface area contributed by atoms with Crippen LogP contribution in [-0.4, -0.2) is 28.8 Å². The number of carbonyl (C=O) groups excluding carboxylic acids is 1. The van der Waals surface area contributed by atoms with Crippen molar-refractivity contribution >= 4 is 57.0 Å². The van der Waals surface area contributed by atoms with Crippen LogP contribution in [0.1, 0.15) is 9.67 Å². The fraction of sp³-hybridized carbons (Fsp3) is 0.222. The van der Waals surface area contributed by atoms with Gasteiger partial charge in [0, 0.05) is 7.05 Å². The molecule has 0 aromatic carbocycles. The molecule has 0 saturated carbocycles. The van der Waals surface area contributed by atoms with Gasteiger partial charge in [0.05, 0.1) is 15.0 Å². The molecule has 2 aromatic rings. The Morgan fingerprint density at radius 3 is 2.88 bits per heavy atom. The van der Waals surface area contributed by atoms with Crippen molar-refractivity contribution in [1.29, 1.82) is 0 Å². The quantitative estimate of drug-likeness (QED) is 0.678. The van der Waals surface area contributed by atoms with Crippen LogP contribution in [0.2, 0.25) is 4.34 Å². The molecule has 4 nitrogen and oxygen atoms in total. The first kappa shape index (κ1) is 12.8. The van der Waals surface area contributed by atoms with E-state index in [1.807, 2.05) is 0 Å². The van der Waals surface area contributed by atoms with Crippen LogP contribution >= 0.6 is 46.0 Å². The normalized spacial score (nSPS) is 10.5. The van der Waals surface area contributed by atoms with Crippen molar-refractivity contribution in [3.8, 4) is 0 Å². The van der Waals surface area contributed by atoms with Gasteiger partial charge in [-0.3, -0.25) is 4.79 Å². The second kappa shape index (κ2) is 5.81. The molecular weight excluding hydrogens is 298 g/mol. The highest BCUT2D eigenvalue weighted by molar-refractivity contribution is 8.01. The van der Waals surface area contributed by atoms with Crippen LogP contribution in [0.15, 0.2) is 16.5 Å². The molecule has 0 radical (unpaired) electrons. The van der Waals surface area contributed by atoms with Gasteiger partial charge in [-0.2, -0.15) is 0 Å². The van der Waals surface area contributed by atoms with Crippen molar-refractivity contribution in [2.75, 3.05) is 18.1 Å². The van der Waals surface area contributed by atoms with Crippen molar-refractivity contribution in [1.82, 2.24) is 10.2 Å². The molecule has 0 saturated heterocycles. The summed E-state index contributed by atoms with van der Waals surface area (Å²) in [7, 11) is 1.79. The number of aromatic nitrogens is 2. The summed E-state index contributed by atoms with van der Waals surface area (Å²) in [6.07, 6.45) is 0. The Kier molecular flexibility index (Phi) is 4.38. The molecule has 1 N–H and O–H groups in total. The molecule has 0 amide bonds. The topological polar surface area (TPSA) is 54.9 Å². The first-order valence-corrected chi connectivity index (χ1v) is 7.61. The Bertz CT molecular complexity index is 525. The third-order valence-corrected chi connectivity index (χ3v) is 5.14. The van der Waals surface area contributed by atoms with Crippen LogP contribution < -0.4 is 5.32 Å². The lowest BCUT2D eigenvalue weighted by molar-refractivity contribution is 0.102. The average Bonchev–Trinajstić information content (AvgIpc) is 2.94. The van der Waals surface area contributed by atoms with Gasteiger partial charge >= 0.3 is 0 Å². The summed E-state index contributed by atoms with van der Waals surface area (Å²) >= 11 is 9.89. The molecule has 0 atom stereocenters. The first-order chi connectivity index (χ1) is 8.19. The molecule has 90 valence electrons. The van der Waals surface area contributed by atoms with Crippen molar-refractivity contribution in [2.24, 2.45) is 0 Å². The van der Waals surface area contributed by atoms with Crippen LogP contribution in [0.25, 0.3) is 0 Å². The summed E-state index contributed by atoms with van der Waals surface area (Å²) in [6.45, 7) is 0. The molecule has 0 aliphatic carbocycles. The number of hydrogen-bond acceptors (Lipinski definition) is 7. The van der Waals surface area contributed by atoms with Crippen molar-refractivity contribution in [2.45, 2.75) is 4.34 Å². The van der Waals surface area contributed by atoms with E-state index in [-0.39, 0.29) is 5.78 Å². The number of rotatable bonds is 5. The number of nitrogens with one attached hydrogen (secondary N) is 1. The summed E-state index contributed by atoms with van der Waals surface area (Å²) in [5.74, 6) is 0.419. The van der Waals surface area contributed by atoms with E-state index in [0.29, 0.717) is 15.0 Å². The molecule has 0 aliphatic heterocycles. The standard InChI is InChI=1S/C9H8ClN3OS3/c1-11-8-12-13-9(17-8)15-4-5(14)6-2-3-7(10)16-6/h2-3H,4H2,1H3,(H,11,12). The van der Waals surface area contributed by atoms with E-state index in [4.69, 9.17) is 11.6 Å². The monoisotopic (exact) mass is 305 g/mol. The molecule has 0 fully saturated rings. The van der Waals surface area contributed by atoms with Crippen LogP contribution in [0, 0.1) is 0 Å². The van der Waals surface area contributed by atoms with Crippen LogP contribution in [0.4, 0.5) is 5.13 Å². The highest BCUT2D eigenvalue weighted by atomic mass is 35.5. The van der Waals surface area contributed by atoms with E-state index < -0.39 is 0 Å². The summed E-state index contributed by atoms with van der Waals surface area (Å²) in [5, 5.41) is 11.5. The van der Waals surface area contributed by atoms with Gasteiger partial charge in [0.25, 0.3) is 0 Å². The SMILES string of the molecule is CNc1nnc(SCC(=O)c2ccc(Cl)s2)s1. The van der Waals surface area contributed by atoms with Crippen LogP contribution in [0.5, 0.6) is 0 Å². The van der Waals surface area contributed by atoms with Crippen molar-refractivity contribution in [3.05, 3.63) is 21.3 Å². The molecule has 2 heterocycles. The van der Waals surface area contributed by atoms with Crippen molar-refractivity contribution < 1.29 is 4.79 Å². The molecule has 0 spiro atoms. The van der Waals surface area contributed by atoms with Crippen LogP contribution in [-0.2, 0) is 0 Å². The van der Waals surface area contributed by atoms with E-state index in [0.717, 1.165) is 9.47 Å². The van der Waals surface area contributed by atoms with E-state index in [2.05, 4.69) is 15.5 Å². The molecule has 17 heavy (non-hydrogen) atoms. The zero-order valence-corrected chi connectivity index (χ0v) is 12.0. The predicted octanol–water partition coefficient (Wildman–Crippen LogP) is 3.27. The number of thioether (sulfide) groups is 1. The van der Waals surface area contributed by atoms with Gasteiger partial charge in [0.15, 0.2) is 10.1 Å². The maximum atomic E-state index is 11.8. The van der Waals surface area contributed by atoms with E-state index in [9.17, 15) is 4.79 Å². The molecule has 2 aromatic heterocycles. The minimum absolute atomic E-state index is 0.0631. The lowest BCUT2D eigenvalue weighted by Gasteiger charge is -1.94. The largest absolute Gasteiger partial charge is 0.363 e. The van der Waals surface area contributed by atoms with Gasteiger partial charge in [0.2, 0.25) is 5.13 Å². The minimum Gasteiger partial charge on any atom is -0.363 e. The molecule has 8 heteroatoms. The van der Waals surface area contributed by atoms with E-state index >= 15 is 0 Å². The number of anilines is 1. The molecule has 0 aliphatic rings. The summed E-state index contributed by atoms with van der Waals surface area (Å²) in [6, 6.07) is 3.48. The Balaban J connectivity index is 1.92. The average molecular weight is 306 g/mol. The Hall–Kier alpha value is -0.630. The number of ketones is 1. The zero-order valence-electron chi connectivity index (χ0n) is 8.77. The second-order valence-electron chi connectivity index (χ2n) is 2.94. The number of carbonyl (C=O) groups is 1. The Morgan fingerprint density at radius 1 is 1.47 bits per heavy atom. The second-order valence-corrected chi connectivity index (χ2v) is 6.85. The third-order valence-electron chi connectivity index (χ3n) is 1.80. The number of nitrogens with zero attached hydrogens (tertiary/aromatic N) is 2. The van der Waals surface area contributed by atoms with Gasteiger partial charge in [-0.05, 0) is 12.1 Å². The lowest BCUT2D eigenvalue weighted by atomic mass is 10.4. The number of halogens is 1. The molecule has 2 rings (SSSR count). The number of thiophene rings is 1. The van der Waals surface area contributed by atoms with Gasteiger partial charge in [-0.1, -0.05) is 34.7 Å². The smallest absolute Gasteiger partial charge is 0.206 e. The summed E-state index contributed by atoms with van der Waals surface area (Å²) in [5.41, 5.74) is 0. The fourth-order valence-electron chi connectivity index (χ4n) is 1.03. The van der Waals surface area contributed by atoms with Crippen molar-refractivity contribution in [3.63, 3.8) is 0 Å². The van der Waals surface area contributed by atoms with Gasteiger partial charge in [-0.15, -0.1) is 21.5 Å². The van der Waals surface area contributed by atoms with Gasteiger partial charge in [-0.25, -0.2) is 0 Å². The maximum Gasteiger partial charge on any atom is 0.206 e. The van der Waals surface area contributed by atoms with Gasteiger partial charge < -0.3 is 5.32 Å². The fourth-order valence-corrected chi connectivity index (χ4v) is 3.69. The zero-order chi connectivity index (χ0) is 12.3. The van der Waals surface area contributed by atoms with E-state index in [1.54, 1.807) is 19.2 Å². The Morgan fingerprint density at radius 2 is 2.29 bits per heavy atom. The molecule has 0 unspecified atom stereocenters. The summed E-state index contributed by atoms with van der Waals surface area (Å²) in [4.78, 5) is 12.5. The van der Waals surface area contributed by atoms with Crippen LogP contribution in [0.3, 0.4) is 0 Å². The van der Waals surface area contributed by atoms with Gasteiger partial charge in [0.1, 0.15) is 0 Å². The minimum atomic E-state index is 0.0631. The summed E-state index contributed by atoms with van der Waals surface area (Å²) < 4.78 is 1.41. The van der Waals surface area contributed by atoms with E-state index in [1.165, 1.54) is 34.4 Å². The molecule has 0 bridgehead atoms. The highest BCUT2D eigenvalue weighted by Crippen LogP contribution is 2.27. The highest BCUT2D eigenvalue weighted by Gasteiger charge is 2.11. The first-order valence-electron chi connectivity index (χ1n) is 4.61. The Labute approximate surface area is 115 Å². The maximum absolute atomic E-state index is 11.8. The number of Topliss-reactive ketones (excluding diaryl/α,β-unsaturated/α-hetero) is 1. The predicted molar refractivity (Wildman–Crippen MR) is 73.8 cm³/mol. The third kappa shape index (κ3) is 3.41. The lowest BCUT2D eigenvalue weighted by Crippen LogP contribution is -1.98. The number of hydrogen-bond donors (Lipinski definition) is 1.